The van der Waals surface area contributed by atoms with Crippen molar-refractivity contribution in [3.63, 3.8) is 0 Å². The molecule has 0 N–H and O–H groups in total. The van der Waals surface area contributed by atoms with Gasteiger partial charge in [-0.2, -0.15) is 0 Å². The number of hydrogen-bond donors (Lipinski definition) is 0. The molecule has 5 heterocycles. The van der Waals surface area contributed by atoms with Crippen LogP contribution in [-0.4, -0.2) is 84.8 Å². The standard InChI is InChI=1S/C22H35N5O/c1-2-8-26-11-12-27(17-20(26)3-1)22-23-15-19-4-9-25(10-5-21(19)24-22)16-18-6-13-28-14-7-18/h15,18,20H,1-14,16-17H2. The van der Waals surface area contributed by atoms with Crippen molar-refractivity contribution in [1.29, 1.82) is 0 Å². The molecule has 0 bridgehead atoms. The van der Waals surface area contributed by atoms with Crippen molar-refractivity contribution in [1.82, 2.24) is 19.8 Å². The SMILES string of the molecule is c1nc(N2CCN3CCCCC3C2)nc2c1CCN(CC1CCOCC1)CC2. The van der Waals surface area contributed by atoms with E-state index in [9.17, 15) is 0 Å². The van der Waals surface area contributed by atoms with Crippen LogP contribution < -0.4 is 4.90 Å². The normalized spacial score (nSPS) is 27.9. The average molecular weight is 386 g/mol. The Kier molecular flexibility index (Phi) is 5.79. The van der Waals surface area contributed by atoms with Crippen LogP contribution in [0.2, 0.25) is 0 Å². The van der Waals surface area contributed by atoms with Crippen molar-refractivity contribution < 1.29 is 4.74 Å². The highest BCUT2D eigenvalue weighted by molar-refractivity contribution is 5.35. The molecular formula is C22H35N5O. The van der Waals surface area contributed by atoms with E-state index in [0.29, 0.717) is 6.04 Å². The molecule has 28 heavy (non-hydrogen) atoms. The minimum atomic E-state index is 0.708. The lowest BCUT2D eigenvalue weighted by Gasteiger charge is -2.44. The maximum Gasteiger partial charge on any atom is 0.225 e. The second-order valence-corrected chi connectivity index (χ2v) is 9.13. The van der Waals surface area contributed by atoms with Gasteiger partial charge in [-0.25, -0.2) is 9.97 Å². The Balaban J connectivity index is 1.22. The topological polar surface area (TPSA) is 44.7 Å². The van der Waals surface area contributed by atoms with E-state index in [-0.39, 0.29) is 0 Å². The molecule has 3 saturated heterocycles. The lowest BCUT2D eigenvalue weighted by atomic mass is 9.99. The third-order valence-electron chi connectivity index (χ3n) is 7.28. The Morgan fingerprint density at radius 2 is 1.86 bits per heavy atom. The van der Waals surface area contributed by atoms with Gasteiger partial charge in [-0.1, -0.05) is 6.42 Å². The van der Waals surface area contributed by atoms with E-state index < -0.39 is 0 Å². The van der Waals surface area contributed by atoms with Crippen LogP contribution in [0.5, 0.6) is 0 Å². The van der Waals surface area contributed by atoms with Gasteiger partial charge in [0, 0.05) is 71.1 Å². The van der Waals surface area contributed by atoms with Crippen LogP contribution in [0.1, 0.15) is 43.4 Å². The molecule has 1 aromatic heterocycles. The average Bonchev–Trinajstić information content (AvgIpc) is 2.96. The molecule has 6 nitrogen and oxygen atoms in total. The molecule has 0 saturated carbocycles. The fourth-order valence-electron chi connectivity index (χ4n) is 5.48. The van der Waals surface area contributed by atoms with E-state index in [4.69, 9.17) is 14.7 Å². The Hall–Kier alpha value is -1.24. The molecule has 1 aromatic rings. The molecule has 5 rings (SSSR count). The van der Waals surface area contributed by atoms with Crippen LogP contribution in [-0.2, 0) is 17.6 Å². The molecule has 3 fully saturated rings. The zero-order chi connectivity index (χ0) is 18.8. The fourth-order valence-corrected chi connectivity index (χ4v) is 5.48. The summed E-state index contributed by atoms with van der Waals surface area (Å²) in [7, 11) is 0. The largest absolute Gasteiger partial charge is 0.381 e. The molecule has 0 radical (unpaired) electrons. The van der Waals surface area contributed by atoms with E-state index in [0.717, 1.165) is 64.1 Å². The molecule has 0 spiro atoms. The number of hydrogen-bond acceptors (Lipinski definition) is 6. The predicted octanol–water partition coefficient (Wildman–Crippen LogP) is 1.98. The van der Waals surface area contributed by atoms with Crippen LogP contribution >= 0.6 is 0 Å². The lowest BCUT2D eigenvalue weighted by molar-refractivity contribution is 0.0530. The van der Waals surface area contributed by atoms with Gasteiger partial charge in [0.1, 0.15) is 0 Å². The summed E-state index contributed by atoms with van der Waals surface area (Å²) in [6.45, 7) is 10.0. The number of aromatic nitrogens is 2. The number of piperidine rings is 1. The van der Waals surface area contributed by atoms with Crippen LogP contribution in [0.25, 0.3) is 0 Å². The van der Waals surface area contributed by atoms with Crippen molar-refractivity contribution in [3.8, 4) is 0 Å². The first-order valence-corrected chi connectivity index (χ1v) is 11.5. The summed E-state index contributed by atoms with van der Waals surface area (Å²) in [5, 5.41) is 0. The van der Waals surface area contributed by atoms with E-state index in [1.165, 1.54) is 63.0 Å². The maximum atomic E-state index is 5.52. The van der Waals surface area contributed by atoms with E-state index in [2.05, 4.69) is 20.9 Å². The number of ether oxygens (including phenoxy) is 1. The third kappa shape index (κ3) is 4.19. The van der Waals surface area contributed by atoms with Gasteiger partial charge in [-0.3, -0.25) is 4.90 Å². The summed E-state index contributed by atoms with van der Waals surface area (Å²) in [5.74, 6) is 1.78. The van der Waals surface area contributed by atoms with Crippen molar-refractivity contribution in [2.75, 3.05) is 63.9 Å². The van der Waals surface area contributed by atoms with Gasteiger partial charge >= 0.3 is 0 Å². The number of fused-ring (bicyclic) bond motifs is 2. The minimum absolute atomic E-state index is 0.708. The quantitative estimate of drug-likeness (QED) is 0.793. The Morgan fingerprint density at radius 1 is 0.964 bits per heavy atom. The van der Waals surface area contributed by atoms with Gasteiger partial charge in [-0.05, 0) is 50.1 Å². The van der Waals surface area contributed by atoms with Gasteiger partial charge in [0.15, 0.2) is 0 Å². The summed E-state index contributed by atoms with van der Waals surface area (Å²) in [6.07, 6.45) is 10.8. The number of anilines is 1. The molecule has 0 aromatic carbocycles. The number of nitrogens with zero attached hydrogens (tertiary/aromatic N) is 5. The molecule has 154 valence electrons. The number of piperazine rings is 1. The molecule has 0 amide bonds. The van der Waals surface area contributed by atoms with Crippen LogP contribution in [0.4, 0.5) is 5.95 Å². The summed E-state index contributed by atoms with van der Waals surface area (Å²) >= 11 is 0. The Bertz CT molecular complexity index is 662. The van der Waals surface area contributed by atoms with Crippen LogP contribution in [0.15, 0.2) is 6.20 Å². The fraction of sp³-hybridized carbons (Fsp3) is 0.818. The first kappa shape index (κ1) is 18.8. The summed E-state index contributed by atoms with van der Waals surface area (Å²) in [5.41, 5.74) is 2.67. The summed E-state index contributed by atoms with van der Waals surface area (Å²) in [4.78, 5) is 17.6. The van der Waals surface area contributed by atoms with Gasteiger partial charge in [0.25, 0.3) is 0 Å². The molecule has 6 heteroatoms. The smallest absolute Gasteiger partial charge is 0.225 e. The van der Waals surface area contributed by atoms with Crippen molar-refractivity contribution in [2.24, 2.45) is 5.92 Å². The molecule has 0 aliphatic carbocycles. The summed E-state index contributed by atoms with van der Waals surface area (Å²) < 4.78 is 5.52. The highest BCUT2D eigenvalue weighted by Crippen LogP contribution is 2.25. The van der Waals surface area contributed by atoms with Crippen LogP contribution in [0, 0.1) is 5.92 Å². The predicted molar refractivity (Wildman–Crippen MR) is 111 cm³/mol. The zero-order valence-electron chi connectivity index (χ0n) is 17.2. The minimum Gasteiger partial charge on any atom is -0.381 e. The second-order valence-electron chi connectivity index (χ2n) is 9.13. The molecule has 4 aliphatic heterocycles. The first-order valence-electron chi connectivity index (χ1n) is 11.5. The second kappa shape index (κ2) is 8.64. The molecule has 1 atom stereocenters. The monoisotopic (exact) mass is 385 g/mol. The molecular weight excluding hydrogens is 350 g/mol. The van der Waals surface area contributed by atoms with Gasteiger partial charge in [0.05, 0.1) is 5.69 Å². The Labute approximate surface area is 169 Å². The Morgan fingerprint density at radius 3 is 2.79 bits per heavy atom. The first-order chi connectivity index (χ1) is 13.8. The summed E-state index contributed by atoms with van der Waals surface area (Å²) in [6, 6.07) is 0.708. The number of rotatable bonds is 3. The molecule has 1 unspecified atom stereocenters. The van der Waals surface area contributed by atoms with Gasteiger partial charge < -0.3 is 14.5 Å². The van der Waals surface area contributed by atoms with E-state index in [1.54, 1.807) is 0 Å². The van der Waals surface area contributed by atoms with E-state index in [1.807, 2.05) is 0 Å². The van der Waals surface area contributed by atoms with Gasteiger partial charge in [0.2, 0.25) is 5.95 Å². The lowest BCUT2D eigenvalue weighted by Crippen LogP contribution is -2.55. The molecule has 4 aliphatic rings. The third-order valence-corrected chi connectivity index (χ3v) is 7.28. The van der Waals surface area contributed by atoms with Gasteiger partial charge in [-0.15, -0.1) is 0 Å². The van der Waals surface area contributed by atoms with Crippen LogP contribution in [0.3, 0.4) is 0 Å². The highest BCUT2D eigenvalue weighted by atomic mass is 16.5. The van der Waals surface area contributed by atoms with Crippen molar-refractivity contribution in [3.05, 3.63) is 17.5 Å². The van der Waals surface area contributed by atoms with Crippen molar-refractivity contribution >= 4 is 5.95 Å². The highest BCUT2D eigenvalue weighted by Gasteiger charge is 2.30. The van der Waals surface area contributed by atoms with E-state index >= 15 is 0 Å². The maximum absolute atomic E-state index is 5.52. The zero-order valence-corrected chi connectivity index (χ0v) is 17.2. The van der Waals surface area contributed by atoms with Crippen molar-refractivity contribution in [2.45, 2.75) is 51.0 Å².